The zero-order chi connectivity index (χ0) is 9.03. The Kier molecular flexibility index (Phi) is 2.89. The summed E-state index contributed by atoms with van der Waals surface area (Å²) in [4.78, 5) is 0. The molecule has 1 aromatic heterocycles. The highest BCUT2D eigenvalue weighted by molar-refractivity contribution is 5.19. The van der Waals surface area contributed by atoms with Crippen molar-refractivity contribution in [2.75, 3.05) is 13.2 Å². The van der Waals surface area contributed by atoms with Crippen molar-refractivity contribution in [3.8, 4) is 0 Å². The SMILES string of the molecule is CC(CN)(CCO)c1ccoc1. The number of rotatable bonds is 4. The van der Waals surface area contributed by atoms with Gasteiger partial charge in [-0.2, -0.15) is 0 Å². The fraction of sp³-hybridized carbons (Fsp3) is 0.556. The summed E-state index contributed by atoms with van der Waals surface area (Å²) in [6, 6.07) is 1.89. The molecule has 0 aliphatic carbocycles. The monoisotopic (exact) mass is 169 g/mol. The second-order valence-corrected chi connectivity index (χ2v) is 3.25. The van der Waals surface area contributed by atoms with Crippen molar-refractivity contribution in [1.29, 1.82) is 0 Å². The molecule has 1 unspecified atom stereocenters. The summed E-state index contributed by atoms with van der Waals surface area (Å²) < 4.78 is 4.97. The summed E-state index contributed by atoms with van der Waals surface area (Å²) in [7, 11) is 0. The molecule has 68 valence electrons. The minimum atomic E-state index is -0.151. The molecular weight excluding hydrogens is 154 g/mol. The predicted octanol–water partition coefficient (Wildman–Crippen LogP) is 0.878. The molecule has 3 N–H and O–H groups in total. The van der Waals surface area contributed by atoms with Crippen LogP contribution < -0.4 is 5.73 Å². The van der Waals surface area contributed by atoms with Crippen molar-refractivity contribution in [3.05, 3.63) is 24.2 Å². The quantitative estimate of drug-likeness (QED) is 0.703. The Labute approximate surface area is 72.2 Å². The van der Waals surface area contributed by atoms with Gasteiger partial charge in [0.1, 0.15) is 0 Å². The standard InChI is InChI=1S/C9H15NO2/c1-9(7-10,3-4-11)8-2-5-12-6-8/h2,5-6,11H,3-4,7,10H2,1H3. The minimum Gasteiger partial charge on any atom is -0.472 e. The average molecular weight is 169 g/mol. The molecule has 0 saturated carbocycles. The molecule has 0 saturated heterocycles. The lowest BCUT2D eigenvalue weighted by Crippen LogP contribution is -2.32. The maximum atomic E-state index is 8.85. The van der Waals surface area contributed by atoms with Crippen LogP contribution in [0.25, 0.3) is 0 Å². The molecule has 1 aromatic rings. The molecule has 0 fully saturated rings. The van der Waals surface area contributed by atoms with Crippen LogP contribution in [0.3, 0.4) is 0 Å². The molecule has 1 rings (SSSR count). The van der Waals surface area contributed by atoms with E-state index in [2.05, 4.69) is 0 Å². The largest absolute Gasteiger partial charge is 0.472 e. The molecule has 1 atom stereocenters. The second-order valence-electron chi connectivity index (χ2n) is 3.25. The molecule has 0 amide bonds. The van der Waals surface area contributed by atoms with E-state index in [0.717, 1.165) is 5.56 Å². The van der Waals surface area contributed by atoms with Crippen molar-refractivity contribution >= 4 is 0 Å². The van der Waals surface area contributed by atoms with E-state index in [1.165, 1.54) is 0 Å². The minimum absolute atomic E-state index is 0.151. The van der Waals surface area contributed by atoms with E-state index in [1.54, 1.807) is 12.5 Å². The van der Waals surface area contributed by atoms with Crippen LogP contribution in [0.15, 0.2) is 23.0 Å². The first kappa shape index (κ1) is 9.29. The molecule has 0 aromatic carbocycles. The molecule has 0 bridgehead atoms. The van der Waals surface area contributed by atoms with Gasteiger partial charge in [0.2, 0.25) is 0 Å². The Bertz CT molecular complexity index is 220. The third kappa shape index (κ3) is 1.68. The van der Waals surface area contributed by atoms with Crippen molar-refractivity contribution in [2.24, 2.45) is 5.73 Å². The summed E-state index contributed by atoms with van der Waals surface area (Å²) >= 11 is 0. The van der Waals surface area contributed by atoms with E-state index in [9.17, 15) is 0 Å². The van der Waals surface area contributed by atoms with Gasteiger partial charge in [0.05, 0.1) is 12.5 Å². The summed E-state index contributed by atoms with van der Waals surface area (Å²) in [6.07, 6.45) is 3.98. The Morgan fingerprint density at radius 1 is 1.67 bits per heavy atom. The van der Waals surface area contributed by atoms with Gasteiger partial charge in [-0.25, -0.2) is 0 Å². The highest BCUT2D eigenvalue weighted by Gasteiger charge is 2.25. The smallest absolute Gasteiger partial charge is 0.0940 e. The topological polar surface area (TPSA) is 59.4 Å². The molecule has 0 aliphatic rings. The molecule has 3 nitrogen and oxygen atoms in total. The van der Waals surface area contributed by atoms with Gasteiger partial charge in [0.25, 0.3) is 0 Å². The van der Waals surface area contributed by atoms with Crippen LogP contribution in [0.5, 0.6) is 0 Å². The summed E-state index contributed by atoms with van der Waals surface area (Å²) in [5.41, 5.74) is 6.54. The van der Waals surface area contributed by atoms with Crippen molar-refractivity contribution in [3.63, 3.8) is 0 Å². The molecule has 0 radical (unpaired) electrons. The Morgan fingerprint density at radius 2 is 2.42 bits per heavy atom. The molecule has 1 heterocycles. The van der Waals surface area contributed by atoms with Gasteiger partial charge in [0, 0.05) is 18.6 Å². The maximum Gasteiger partial charge on any atom is 0.0940 e. The normalized spacial score (nSPS) is 15.9. The van der Waals surface area contributed by atoms with Gasteiger partial charge in [-0.15, -0.1) is 0 Å². The fourth-order valence-corrected chi connectivity index (χ4v) is 1.22. The van der Waals surface area contributed by atoms with E-state index in [-0.39, 0.29) is 12.0 Å². The molecule has 0 aliphatic heterocycles. The highest BCUT2D eigenvalue weighted by atomic mass is 16.3. The van der Waals surface area contributed by atoms with E-state index < -0.39 is 0 Å². The molecular formula is C9H15NO2. The lowest BCUT2D eigenvalue weighted by molar-refractivity contribution is 0.246. The van der Waals surface area contributed by atoms with Gasteiger partial charge in [0.15, 0.2) is 0 Å². The third-order valence-corrected chi connectivity index (χ3v) is 2.33. The molecule has 3 heteroatoms. The van der Waals surface area contributed by atoms with Crippen LogP contribution in [0, 0.1) is 0 Å². The van der Waals surface area contributed by atoms with Crippen LogP contribution in [0.4, 0.5) is 0 Å². The van der Waals surface area contributed by atoms with Gasteiger partial charge < -0.3 is 15.3 Å². The van der Waals surface area contributed by atoms with Crippen LogP contribution >= 0.6 is 0 Å². The number of hydrogen-bond donors (Lipinski definition) is 2. The first-order valence-corrected chi connectivity index (χ1v) is 4.06. The van der Waals surface area contributed by atoms with E-state index >= 15 is 0 Å². The zero-order valence-corrected chi connectivity index (χ0v) is 7.29. The van der Waals surface area contributed by atoms with Gasteiger partial charge >= 0.3 is 0 Å². The maximum absolute atomic E-state index is 8.85. The zero-order valence-electron chi connectivity index (χ0n) is 7.29. The van der Waals surface area contributed by atoms with Gasteiger partial charge in [-0.3, -0.25) is 0 Å². The van der Waals surface area contributed by atoms with Crippen LogP contribution in [0.2, 0.25) is 0 Å². The summed E-state index contributed by atoms with van der Waals surface area (Å²) in [5, 5.41) is 8.85. The first-order valence-electron chi connectivity index (χ1n) is 4.06. The van der Waals surface area contributed by atoms with Crippen LogP contribution in [0.1, 0.15) is 18.9 Å². The number of furan rings is 1. The second kappa shape index (κ2) is 3.74. The average Bonchev–Trinajstić information content (AvgIpc) is 2.57. The summed E-state index contributed by atoms with van der Waals surface area (Å²) in [5.74, 6) is 0. The van der Waals surface area contributed by atoms with E-state index in [1.807, 2.05) is 13.0 Å². The highest BCUT2D eigenvalue weighted by Crippen LogP contribution is 2.26. The Hall–Kier alpha value is -0.800. The third-order valence-electron chi connectivity index (χ3n) is 2.33. The Balaban J connectivity index is 2.80. The van der Waals surface area contributed by atoms with Crippen molar-refractivity contribution in [2.45, 2.75) is 18.8 Å². The number of aliphatic hydroxyl groups is 1. The lowest BCUT2D eigenvalue weighted by Gasteiger charge is -2.25. The number of nitrogens with two attached hydrogens (primary N) is 1. The first-order chi connectivity index (χ1) is 5.73. The van der Waals surface area contributed by atoms with E-state index in [4.69, 9.17) is 15.3 Å². The Morgan fingerprint density at radius 3 is 2.83 bits per heavy atom. The molecule has 12 heavy (non-hydrogen) atoms. The van der Waals surface area contributed by atoms with Gasteiger partial charge in [-0.05, 0) is 18.1 Å². The number of hydrogen-bond acceptors (Lipinski definition) is 3. The fourth-order valence-electron chi connectivity index (χ4n) is 1.22. The predicted molar refractivity (Wildman–Crippen MR) is 46.8 cm³/mol. The van der Waals surface area contributed by atoms with Gasteiger partial charge in [-0.1, -0.05) is 6.92 Å². The van der Waals surface area contributed by atoms with Crippen molar-refractivity contribution in [1.82, 2.24) is 0 Å². The van der Waals surface area contributed by atoms with Crippen LogP contribution in [-0.2, 0) is 5.41 Å². The number of aliphatic hydroxyl groups excluding tert-OH is 1. The van der Waals surface area contributed by atoms with Crippen molar-refractivity contribution < 1.29 is 9.52 Å². The van der Waals surface area contributed by atoms with Crippen LogP contribution in [-0.4, -0.2) is 18.3 Å². The lowest BCUT2D eigenvalue weighted by atomic mass is 9.81. The molecule has 0 spiro atoms. The summed E-state index contributed by atoms with van der Waals surface area (Å²) in [6.45, 7) is 2.69. The van der Waals surface area contributed by atoms with E-state index in [0.29, 0.717) is 13.0 Å².